The standard InChI is InChI=1S/C41H42N6O7/c1-6-27-30(19-42-2)38(50)44(3)20-31(27)26-17-34(53-4)32(35(18-26)54-5)21-45-15-13-41(22-45)23-46(24-41)14-7-8-25-9-10-28-29(16-25)40(52)47(39(28)51)33-11-12-36(48)43-37(33)49/h6,9-10,16-20,33H,2,11-15,21-24H2,1,3-5H3,(H,43,48,49)/b27-6+,30-19+. The summed E-state index contributed by atoms with van der Waals surface area (Å²) in [6.07, 6.45) is 6.45. The number of hydrogen-bond donors (Lipinski definition) is 1. The van der Waals surface area contributed by atoms with E-state index in [0.29, 0.717) is 35.4 Å². The van der Waals surface area contributed by atoms with Crippen molar-refractivity contribution in [3.8, 4) is 34.5 Å². The molecular formula is C41H42N6O7. The second-order valence-corrected chi connectivity index (χ2v) is 14.4. The number of amides is 4. The first-order chi connectivity index (χ1) is 26.0. The van der Waals surface area contributed by atoms with Crippen LogP contribution in [0.15, 0.2) is 46.3 Å². The minimum absolute atomic E-state index is 0.0722. The third-order valence-electron chi connectivity index (χ3n) is 10.9. The lowest BCUT2D eigenvalue weighted by atomic mass is 9.79. The zero-order valence-electron chi connectivity index (χ0n) is 30.9. The first-order valence-corrected chi connectivity index (χ1v) is 17.9. The van der Waals surface area contributed by atoms with Crippen molar-refractivity contribution in [2.24, 2.45) is 17.5 Å². The van der Waals surface area contributed by atoms with Gasteiger partial charge in [-0.1, -0.05) is 17.9 Å². The van der Waals surface area contributed by atoms with Gasteiger partial charge in [-0.2, -0.15) is 0 Å². The van der Waals surface area contributed by atoms with Gasteiger partial charge in [0.1, 0.15) is 17.5 Å². The van der Waals surface area contributed by atoms with Crippen molar-refractivity contribution in [2.75, 3.05) is 46.9 Å². The maximum atomic E-state index is 13.2. The highest BCUT2D eigenvalue weighted by Gasteiger charge is 2.47. The molecule has 1 atom stereocenters. The number of rotatable bonds is 8. The van der Waals surface area contributed by atoms with Crippen LogP contribution in [0.4, 0.5) is 0 Å². The van der Waals surface area contributed by atoms with E-state index in [-0.39, 0.29) is 34.9 Å². The minimum Gasteiger partial charge on any atom is -0.496 e. The van der Waals surface area contributed by atoms with Crippen molar-refractivity contribution in [1.29, 1.82) is 0 Å². The Labute approximate surface area is 312 Å². The topological polar surface area (TPSA) is 143 Å². The number of aryl methyl sites for hydroxylation is 1. The van der Waals surface area contributed by atoms with Gasteiger partial charge < -0.3 is 14.0 Å². The number of aliphatic imine (C=N–C) groups is 1. The van der Waals surface area contributed by atoms with E-state index >= 15 is 0 Å². The number of hydrogen-bond acceptors (Lipinski definition) is 10. The number of piperidine rings is 1. The molecule has 0 saturated carbocycles. The summed E-state index contributed by atoms with van der Waals surface area (Å²) < 4.78 is 13.4. The molecular weight excluding hydrogens is 688 g/mol. The Bertz CT molecular complexity index is 2340. The molecule has 2 aromatic carbocycles. The number of likely N-dealkylation sites (tertiary alicyclic amines) is 2. The van der Waals surface area contributed by atoms with Gasteiger partial charge in [-0.25, -0.2) is 0 Å². The number of aromatic nitrogens is 1. The fourth-order valence-electron chi connectivity index (χ4n) is 8.29. The highest BCUT2D eigenvalue weighted by atomic mass is 16.5. The van der Waals surface area contributed by atoms with Crippen LogP contribution >= 0.6 is 0 Å². The second-order valence-electron chi connectivity index (χ2n) is 14.4. The maximum absolute atomic E-state index is 13.2. The molecule has 3 saturated heterocycles. The summed E-state index contributed by atoms with van der Waals surface area (Å²) in [5.41, 5.74) is 3.77. The molecule has 4 aliphatic rings. The van der Waals surface area contributed by atoms with E-state index in [1.165, 1.54) is 6.20 Å². The van der Waals surface area contributed by atoms with Crippen LogP contribution in [0.5, 0.6) is 11.5 Å². The Morgan fingerprint density at radius 3 is 2.33 bits per heavy atom. The van der Waals surface area contributed by atoms with Crippen LogP contribution in [0.1, 0.15) is 58.0 Å². The van der Waals surface area contributed by atoms with Gasteiger partial charge in [0.15, 0.2) is 0 Å². The van der Waals surface area contributed by atoms with Gasteiger partial charge >= 0.3 is 0 Å². The largest absolute Gasteiger partial charge is 0.496 e. The van der Waals surface area contributed by atoms with Gasteiger partial charge in [-0.05, 0) is 74.1 Å². The van der Waals surface area contributed by atoms with E-state index < -0.39 is 29.7 Å². The van der Waals surface area contributed by atoms with Crippen LogP contribution in [0, 0.1) is 17.3 Å². The molecule has 5 heterocycles. The third kappa shape index (κ3) is 6.52. The molecule has 54 heavy (non-hydrogen) atoms. The molecule has 1 spiro atoms. The number of pyridine rings is 1. The van der Waals surface area contributed by atoms with E-state index in [0.717, 1.165) is 59.4 Å². The number of nitrogens with zero attached hydrogens (tertiary/aromatic N) is 5. The number of carbonyl (C=O) groups excluding carboxylic acids is 4. The van der Waals surface area contributed by atoms with Crippen LogP contribution in [-0.2, 0) is 23.2 Å². The summed E-state index contributed by atoms with van der Waals surface area (Å²) in [7, 11) is 5.03. The van der Waals surface area contributed by atoms with Crippen LogP contribution in [-0.4, -0.2) is 103 Å². The lowest BCUT2D eigenvalue weighted by Crippen LogP contribution is -2.57. The van der Waals surface area contributed by atoms with Gasteiger partial charge in [0.2, 0.25) is 11.8 Å². The van der Waals surface area contributed by atoms with Crippen molar-refractivity contribution >= 4 is 42.6 Å². The van der Waals surface area contributed by atoms with Crippen molar-refractivity contribution in [3.05, 3.63) is 79.6 Å². The fourth-order valence-corrected chi connectivity index (χ4v) is 8.29. The lowest BCUT2D eigenvalue weighted by Gasteiger charge is -2.47. The van der Waals surface area contributed by atoms with Crippen molar-refractivity contribution in [1.82, 2.24) is 24.6 Å². The number of nitrogens with one attached hydrogen (secondary N) is 1. The van der Waals surface area contributed by atoms with Crippen LogP contribution < -0.4 is 30.8 Å². The predicted molar refractivity (Wildman–Crippen MR) is 202 cm³/mol. The molecule has 0 bridgehead atoms. The molecule has 0 aliphatic carbocycles. The van der Waals surface area contributed by atoms with E-state index in [2.05, 4.69) is 38.7 Å². The van der Waals surface area contributed by atoms with Gasteiger partial charge in [0.05, 0.1) is 42.7 Å². The molecule has 1 N–H and O–H groups in total. The summed E-state index contributed by atoms with van der Waals surface area (Å²) in [6, 6.07) is 7.89. The molecule has 4 amide bonds. The van der Waals surface area contributed by atoms with Crippen LogP contribution in [0.2, 0.25) is 0 Å². The number of imide groups is 2. The Morgan fingerprint density at radius 1 is 0.963 bits per heavy atom. The number of benzene rings is 2. The average molecular weight is 731 g/mol. The normalized spacial score (nSPS) is 20.1. The highest BCUT2D eigenvalue weighted by molar-refractivity contribution is 6.23. The molecule has 13 heteroatoms. The van der Waals surface area contributed by atoms with E-state index in [9.17, 15) is 24.0 Å². The van der Waals surface area contributed by atoms with Crippen LogP contribution in [0.3, 0.4) is 0 Å². The van der Waals surface area contributed by atoms with Crippen molar-refractivity contribution in [2.45, 2.75) is 38.8 Å². The molecule has 3 aromatic rings. The monoisotopic (exact) mass is 730 g/mol. The SMILES string of the molecule is C=N/C=c1/c(=O)n(C)cc(-c2cc(OC)c(CN3CCC4(C3)CN(CC#Cc3ccc5c(c3)C(=O)N(C3CCC(=O)NC3=O)C5=O)C4)c(OC)c2)/c1=C/C. The smallest absolute Gasteiger partial charge is 0.262 e. The van der Waals surface area contributed by atoms with Gasteiger partial charge in [-0.3, -0.25) is 49.0 Å². The summed E-state index contributed by atoms with van der Waals surface area (Å²) in [6.45, 7) is 10.4. The molecule has 13 nitrogen and oxygen atoms in total. The number of carbonyl (C=O) groups is 4. The lowest BCUT2D eigenvalue weighted by molar-refractivity contribution is -0.136. The third-order valence-corrected chi connectivity index (χ3v) is 10.9. The molecule has 1 unspecified atom stereocenters. The first-order valence-electron chi connectivity index (χ1n) is 17.9. The Balaban J connectivity index is 0.993. The quantitative estimate of drug-likeness (QED) is 0.206. The summed E-state index contributed by atoms with van der Waals surface area (Å²) >= 11 is 0. The van der Waals surface area contributed by atoms with Crippen molar-refractivity contribution in [3.63, 3.8) is 0 Å². The Hall–Kier alpha value is -5.84. The summed E-state index contributed by atoms with van der Waals surface area (Å²) in [5, 5.41) is 3.45. The van der Waals surface area contributed by atoms with Gasteiger partial charge in [0, 0.05) is 68.6 Å². The van der Waals surface area contributed by atoms with Crippen molar-refractivity contribution < 1.29 is 28.7 Å². The zero-order chi connectivity index (χ0) is 38.3. The molecule has 3 fully saturated rings. The summed E-state index contributed by atoms with van der Waals surface area (Å²) in [4.78, 5) is 72.6. The van der Waals surface area contributed by atoms with E-state index in [1.54, 1.807) is 44.0 Å². The number of ether oxygens (including phenoxy) is 2. The molecule has 4 aliphatic heterocycles. The molecule has 278 valence electrons. The zero-order valence-corrected chi connectivity index (χ0v) is 30.9. The average Bonchev–Trinajstić information content (AvgIpc) is 3.68. The van der Waals surface area contributed by atoms with Gasteiger partial charge in [-0.15, -0.1) is 0 Å². The predicted octanol–water partition coefficient (Wildman–Crippen LogP) is 1.27. The Kier molecular flexibility index (Phi) is 9.83. The minimum atomic E-state index is -1.00. The number of methoxy groups -OCH3 is 2. The first kappa shape index (κ1) is 36.5. The second kappa shape index (κ2) is 14.5. The molecule has 0 radical (unpaired) electrons. The fraction of sp³-hybridized carbons (Fsp3) is 0.366. The Morgan fingerprint density at radius 2 is 1.67 bits per heavy atom. The summed E-state index contributed by atoms with van der Waals surface area (Å²) in [5.74, 6) is 5.66. The van der Waals surface area contributed by atoms with Crippen LogP contribution in [0.25, 0.3) is 23.4 Å². The molecule has 7 rings (SSSR count). The maximum Gasteiger partial charge on any atom is 0.262 e. The molecule has 1 aromatic heterocycles. The van der Waals surface area contributed by atoms with Gasteiger partial charge in [0.25, 0.3) is 17.4 Å². The number of fused-ring (bicyclic) bond motifs is 1. The highest BCUT2D eigenvalue weighted by Crippen LogP contribution is 2.42. The van der Waals surface area contributed by atoms with E-state index in [4.69, 9.17) is 9.47 Å². The van der Waals surface area contributed by atoms with E-state index in [1.807, 2.05) is 31.3 Å².